The van der Waals surface area contributed by atoms with Gasteiger partial charge in [-0.1, -0.05) is 13.8 Å². The van der Waals surface area contributed by atoms with Gasteiger partial charge in [-0.25, -0.2) is 4.98 Å². The number of aromatic nitrogens is 4. The Morgan fingerprint density at radius 2 is 2.00 bits per heavy atom. The van der Waals surface area contributed by atoms with Gasteiger partial charge < -0.3 is 4.98 Å². The lowest BCUT2D eigenvalue weighted by atomic mass is 10.1. The molecular weight excluding hydrogens is 180 g/mol. The Balaban J connectivity index is 2.85. The number of hydrogen-bond acceptors (Lipinski definition) is 3. The molecule has 0 spiro atoms. The number of nitrogens with one attached hydrogen (secondary N) is 2. The van der Waals surface area contributed by atoms with E-state index >= 15 is 0 Å². The highest BCUT2D eigenvalue weighted by Gasteiger charge is 2.12. The molecule has 0 saturated heterocycles. The van der Waals surface area contributed by atoms with Crippen molar-refractivity contribution in [1.82, 2.24) is 20.2 Å². The largest absolute Gasteiger partial charge is 0.309 e. The number of nitrogens with zero attached hydrogens (tertiary/aromatic N) is 2. The highest BCUT2D eigenvalue weighted by Crippen LogP contribution is 2.18. The third-order valence-corrected chi connectivity index (χ3v) is 2.13. The molecule has 2 aromatic heterocycles. The molecule has 5 heteroatoms. The number of aromatic amines is 2. The topological polar surface area (TPSA) is 74.4 Å². The van der Waals surface area contributed by atoms with Gasteiger partial charge in [-0.15, -0.1) is 0 Å². The first-order valence-corrected chi connectivity index (χ1v) is 4.54. The first-order chi connectivity index (χ1) is 6.59. The lowest BCUT2D eigenvalue weighted by Crippen LogP contribution is -2.09. The van der Waals surface area contributed by atoms with E-state index in [1.807, 2.05) is 13.8 Å². The molecule has 0 aromatic carbocycles. The lowest BCUT2D eigenvalue weighted by Gasteiger charge is -2.00. The van der Waals surface area contributed by atoms with E-state index in [1.165, 1.54) is 0 Å². The average molecular weight is 192 g/mol. The van der Waals surface area contributed by atoms with E-state index < -0.39 is 0 Å². The predicted molar refractivity (Wildman–Crippen MR) is 53.3 cm³/mol. The second-order valence-electron chi connectivity index (χ2n) is 3.64. The third-order valence-electron chi connectivity index (χ3n) is 2.13. The number of hydrogen-bond donors (Lipinski definition) is 2. The summed E-state index contributed by atoms with van der Waals surface area (Å²) in [5.41, 5.74) is 1.80. The summed E-state index contributed by atoms with van der Waals surface area (Å²) in [6.07, 6.45) is 0. The molecule has 0 fully saturated rings. The molecule has 0 amide bonds. The van der Waals surface area contributed by atoms with Crippen LogP contribution in [0.25, 0.3) is 11.0 Å². The van der Waals surface area contributed by atoms with E-state index in [0.717, 1.165) is 5.69 Å². The van der Waals surface area contributed by atoms with E-state index in [0.29, 0.717) is 16.9 Å². The molecule has 0 bridgehead atoms. The van der Waals surface area contributed by atoms with Crippen LogP contribution in [0.4, 0.5) is 0 Å². The molecule has 74 valence electrons. The molecule has 0 aliphatic heterocycles. The SMILES string of the molecule is Cc1nc2c(C(C)C)[nH]nc2c(=O)[nH]1. The predicted octanol–water partition coefficient (Wildman–Crippen LogP) is 1.08. The van der Waals surface area contributed by atoms with Gasteiger partial charge in [0.05, 0.1) is 5.69 Å². The van der Waals surface area contributed by atoms with E-state index in [1.54, 1.807) is 6.92 Å². The summed E-state index contributed by atoms with van der Waals surface area (Å²) in [7, 11) is 0. The van der Waals surface area contributed by atoms with Crippen molar-refractivity contribution in [2.45, 2.75) is 26.7 Å². The maximum Gasteiger partial charge on any atom is 0.279 e. The monoisotopic (exact) mass is 192 g/mol. The van der Waals surface area contributed by atoms with Crippen molar-refractivity contribution >= 4 is 11.0 Å². The van der Waals surface area contributed by atoms with Crippen LogP contribution in [0.2, 0.25) is 0 Å². The van der Waals surface area contributed by atoms with Crippen LogP contribution in [0.1, 0.15) is 31.3 Å². The summed E-state index contributed by atoms with van der Waals surface area (Å²) in [5.74, 6) is 0.902. The third kappa shape index (κ3) is 1.21. The van der Waals surface area contributed by atoms with Crippen LogP contribution >= 0.6 is 0 Å². The summed E-state index contributed by atoms with van der Waals surface area (Å²) in [4.78, 5) is 18.3. The van der Waals surface area contributed by atoms with E-state index in [-0.39, 0.29) is 11.5 Å². The molecule has 2 heterocycles. The Kier molecular flexibility index (Phi) is 1.87. The molecule has 0 atom stereocenters. The first kappa shape index (κ1) is 8.93. The van der Waals surface area contributed by atoms with Crippen LogP contribution in [0.15, 0.2) is 4.79 Å². The van der Waals surface area contributed by atoms with Gasteiger partial charge in [0, 0.05) is 0 Å². The second kappa shape index (κ2) is 2.94. The number of rotatable bonds is 1. The fourth-order valence-corrected chi connectivity index (χ4v) is 1.44. The smallest absolute Gasteiger partial charge is 0.279 e. The van der Waals surface area contributed by atoms with Gasteiger partial charge >= 0.3 is 0 Å². The average Bonchev–Trinajstić information content (AvgIpc) is 2.47. The molecule has 2 aromatic rings. The van der Waals surface area contributed by atoms with Crippen LogP contribution in [-0.4, -0.2) is 20.2 Å². The lowest BCUT2D eigenvalue weighted by molar-refractivity contribution is 0.815. The second-order valence-corrected chi connectivity index (χ2v) is 3.64. The van der Waals surface area contributed by atoms with Gasteiger partial charge in [0.2, 0.25) is 0 Å². The fraction of sp³-hybridized carbons (Fsp3) is 0.444. The molecule has 2 N–H and O–H groups in total. The quantitative estimate of drug-likeness (QED) is 0.709. The molecule has 14 heavy (non-hydrogen) atoms. The summed E-state index contributed by atoms with van der Waals surface area (Å²) in [5, 5.41) is 6.80. The maximum absolute atomic E-state index is 11.5. The summed E-state index contributed by atoms with van der Waals surface area (Å²) >= 11 is 0. The Labute approximate surface area is 80.6 Å². The van der Waals surface area contributed by atoms with E-state index in [2.05, 4.69) is 20.2 Å². The minimum Gasteiger partial charge on any atom is -0.309 e. The molecule has 0 aliphatic carbocycles. The number of aryl methyl sites for hydroxylation is 1. The maximum atomic E-state index is 11.5. The van der Waals surface area contributed by atoms with Gasteiger partial charge in [0.25, 0.3) is 5.56 Å². The number of fused-ring (bicyclic) bond motifs is 1. The molecule has 2 rings (SSSR count). The van der Waals surface area contributed by atoms with Gasteiger partial charge in [-0.3, -0.25) is 9.89 Å². The highest BCUT2D eigenvalue weighted by atomic mass is 16.1. The zero-order valence-electron chi connectivity index (χ0n) is 8.38. The van der Waals surface area contributed by atoms with Crippen molar-refractivity contribution in [1.29, 1.82) is 0 Å². The standard InChI is InChI=1S/C9H12N4O/c1-4(2)6-7-8(13-12-6)9(14)11-5(3)10-7/h4H,1-3H3,(H,12,13)(H,10,11,14). The van der Waals surface area contributed by atoms with Crippen LogP contribution in [-0.2, 0) is 0 Å². The minimum absolute atomic E-state index is 0.185. The summed E-state index contributed by atoms with van der Waals surface area (Å²) < 4.78 is 0. The molecule has 5 nitrogen and oxygen atoms in total. The van der Waals surface area contributed by atoms with Crippen molar-refractivity contribution < 1.29 is 0 Å². The first-order valence-electron chi connectivity index (χ1n) is 4.54. The van der Waals surface area contributed by atoms with Crippen molar-refractivity contribution in [2.75, 3.05) is 0 Å². The van der Waals surface area contributed by atoms with Gasteiger partial charge in [-0.05, 0) is 12.8 Å². The van der Waals surface area contributed by atoms with Crippen LogP contribution in [0, 0.1) is 6.92 Å². The molecule has 0 unspecified atom stereocenters. The molecule has 0 saturated carbocycles. The minimum atomic E-state index is -0.185. The summed E-state index contributed by atoms with van der Waals surface area (Å²) in [6, 6.07) is 0. The van der Waals surface area contributed by atoms with Gasteiger partial charge in [0.15, 0.2) is 5.52 Å². The van der Waals surface area contributed by atoms with Crippen molar-refractivity contribution in [3.05, 3.63) is 21.9 Å². The highest BCUT2D eigenvalue weighted by molar-refractivity contribution is 5.76. The zero-order chi connectivity index (χ0) is 10.3. The van der Waals surface area contributed by atoms with Crippen molar-refractivity contribution in [3.8, 4) is 0 Å². The molecule has 0 aliphatic rings. The molecular formula is C9H12N4O. The van der Waals surface area contributed by atoms with Gasteiger partial charge in [-0.2, -0.15) is 5.10 Å². The summed E-state index contributed by atoms with van der Waals surface area (Å²) in [6.45, 7) is 5.83. The van der Waals surface area contributed by atoms with E-state index in [4.69, 9.17) is 0 Å². The zero-order valence-corrected chi connectivity index (χ0v) is 8.38. The number of H-pyrrole nitrogens is 2. The fourth-order valence-electron chi connectivity index (χ4n) is 1.44. The van der Waals surface area contributed by atoms with E-state index in [9.17, 15) is 4.79 Å². The molecule has 0 radical (unpaired) electrons. The van der Waals surface area contributed by atoms with Crippen LogP contribution in [0.5, 0.6) is 0 Å². The Morgan fingerprint density at radius 3 is 2.64 bits per heavy atom. The Bertz CT molecular complexity index is 523. The van der Waals surface area contributed by atoms with Crippen LogP contribution in [0.3, 0.4) is 0 Å². The Hall–Kier alpha value is -1.65. The normalized spacial score (nSPS) is 11.4. The van der Waals surface area contributed by atoms with Crippen molar-refractivity contribution in [3.63, 3.8) is 0 Å². The van der Waals surface area contributed by atoms with Crippen molar-refractivity contribution in [2.24, 2.45) is 0 Å². The Morgan fingerprint density at radius 1 is 1.29 bits per heavy atom. The van der Waals surface area contributed by atoms with Gasteiger partial charge in [0.1, 0.15) is 11.3 Å². The van der Waals surface area contributed by atoms with Crippen LogP contribution < -0.4 is 5.56 Å².